The fraction of sp³-hybridized carbons (Fsp3) is 0.406. The molecule has 6 rings (SSSR count). The van der Waals surface area contributed by atoms with Crippen molar-refractivity contribution in [1.29, 1.82) is 0 Å². The van der Waals surface area contributed by atoms with E-state index < -0.39 is 13.9 Å². The van der Waals surface area contributed by atoms with E-state index in [1.165, 1.54) is 11.1 Å². The summed E-state index contributed by atoms with van der Waals surface area (Å²) in [5, 5.41) is 0.145. The maximum absolute atomic E-state index is 14.6. The van der Waals surface area contributed by atoms with E-state index in [0.717, 1.165) is 36.2 Å². The first-order valence-corrected chi connectivity index (χ1v) is 16.6. The van der Waals surface area contributed by atoms with Gasteiger partial charge >= 0.3 is 6.03 Å². The zero-order valence-electron chi connectivity index (χ0n) is 22.7. The van der Waals surface area contributed by atoms with Gasteiger partial charge in [0, 0.05) is 24.0 Å². The number of hydrogen-bond donors (Lipinski definition) is 0. The predicted molar refractivity (Wildman–Crippen MR) is 154 cm³/mol. The number of hydrogen-bond acceptors (Lipinski definition) is 2. The molecule has 1 fully saturated rings. The van der Waals surface area contributed by atoms with Crippen LogP contribution in [0.5, 0.6) is 0 Å². The molecule has 0 aromatic heterocycles. The summed E-state index contributed by atoms with van der Waals surface area (Å²) in [4.78, 5) is 18.7. The van der Waals surface area contributed by atoms with E-state index in [4.69, 9.17) is 4.43 Å². The second-order valence-corrected chi connectivity index (χ2v) is 17.3. The molecule has 3 aromatic carbocycles. The van der Waals surface area contributed by atoms with Gasteiger partial charge in [-0.05, 0) is 54.2 Å². The molecule has 1 spiro atoms. The molecule has 37 heavy (non-hydrogen) atoms. The third kappa shape index (κ3) is 3.70. The number of urea groups is 1. The molecule has 2 amide bonds. The Bertz CT molecular complexity index is 1330. The molecule has 1 saturated carbocycles. The number of carbonyl (C=O) groups excluding carboxylic acids is 1. The van der Waals surface area contributed by atoms with Crippen molar-refractivity contribution in [3.8, 4) is 0 Å². The Labute approximate surface area is 222 Å². The van der Waals surface area contributed by atoms with Gasteiger partial charge in [0.15, 0.2) is 8.32 Å². The predicted octanol–water partition coefficient (Wildman–Crippen LogP) is 8.20. The first-order valence-electron chi connectivity index (χ1n) is 13.7. The van der Waals surface area contributed by atoms with Gasteiger partial charge in [0.1, 0.15) is 0 Å². The summed E-state index contributed by atoms with van der Waals surface area (Å²) >= 11 is 0. The molecule has 3 unspecified atom stereocenters. The van der Waals surface area contributed by atoms with Gasteiger partial charge in [0.05, 0.1) is 23.5 Å². The van der Waals surface area contributed by atoms with Crippen molar-refractivity contribution in [1.82, 2.24) is 0 Å². The van der Waals surface area contributed by atoms with Crippen LogP contribution >= 0.6 is 0 Å². The Kier molecular flexibility index (Phi) is 5.66. The van der Waals surface area contributed by atoms with Crippen molar-refractivity contribution >= 4 is 25.7 Å². The Balaban J connectivity index is 1.49. The minimum absolute atomic E-state index is 0.0745. The van der Waals surface area contributed by atoms with Gasteiger partial charge in [-0.2, -0.15) is 0 Å². The molecule has 1 aliphatic carbocycles. The zero-order chi connectivity index (χ0) is 26.0. The SMILES string of the molecule is CC(C)(C)[Si](C)(C)OC1CCC2c3ccccc3N3C(=O)N(Cc4ccccc4)c4ccccc4C23C1. The van der Waals surface area contributed by atoms with Crippen molar-refractivity contribution in [3.63, 3.8) is 0 Å². The fourth-order valence-electron chi connectivity index (χ4n) is 6.65. The minimum Gasteiger partial charge on any atom is -0.414 e. The second kappa shape index (κ2) is 8.57. The summed E-state index contributed by atoms with van der Waals surface area (Å²) in [6, 6.07) is 27.6. The first-order chi connectivity index (χ1) is 17.6. The van der Waals surface area contributed by atoms with E-state index in [1.807, 2.05) is 23.1 Å². The van der Waals surface area contributed by atoms with Gasteiger partial charge in [-0.3, -0.25) is 9.80 Å². The number of amides is 2. The summed E-state index contributed by atoms with van der Waals surface area (Å²) in [5.74, 6) is 0.270. The molecular weight excluding hydrogens is 472 g/mol. The molecule has 3 aromatic rings. The lowest BCUT2D eigenvalue weighted by molar-refractivity contribution is 0.0832. The summed E-state index contributed by atoms with van der Waals surface area (Å²) in [6.07, 6.45) is 3.02. The van der Waals surface area contributed by atoms with Crippen LogP contribution in [0.1, 0.15) is 62.6 Å². The topological polar surface area (TPSA) is 32.8 Å². The number of fused-ring (bicyclic) bond motifs is 4. The number of nitrogens with zero attached hydrogens (tertiary/aromatic N) is 2. The second-order valence-electron chi connectivity index (χ2n) is 12.5. The average Bonchev–Trinajstić information content (AvgIpc) is 3.17. The molecule has 192 valence electrons. The maximum atomic E-state index is 14.6. The van der Waals surface area contributed by atoms with Crippen molar-refractivity contribution in [2.24, 2.45) is 0 Å². The summed E-state index contributed by atoms with van der Waals surface area (Å²) in [7, 11) is -1.96. The molecular formula is C32H38N2O2Si. The lowest BCUT2D eigenvalue weighted by Crippen LogP contribution is -2.61. The Morgan fingerprint density at radius 1 is 0.892 bits per heavy atom. The Morgan fingerprint density at radius 2 is 1.54 bits per heavy atom. The van der Waals surface area contributed by atoms with Gasteiger partial charge in [-0.15, -0.1) is 0 Å². The van der Waals surface area contributed by atoms with Crippen LogP contribution in [0.25, 0.3) is 0 Å². The van der Waals surface area contributed by atoms with Crippen LogP contribution in [-0.2, 0) is 16.5 Å². The lowest BCUT2D eigenvalue weighted by atomic mass is 9.66. The van der Waals surface area contributed by atoms with Crippen LogP contribution in [0.3, 0.4) is 0 Å². The molecule has 2 heterocycles. The molecule has 0 N–H and O–H groups in total. The standard InChI is InChI=1S/C32H38N2O2Si/c1-31(2,3)37(4,5)36-24-19-20-26-25-15-9-11-17-28(25)34-30(35)33(22-23-13-7-6-8-14-23)29-18-12-10-16-27(29)32(26,34)21-24/h6-18,24,26H,19-22H2,1-5H3. The van der Waals surface area contributed by atoms with Crippen LogP contribution in [0.15, 0.2) is 78.9 Å². The number of para-hydroxylation sites is 2. The van der Waals surface area contributed by atoms with Crippen LogP contribution in [0, 0.1) is 0 Å². The number of anilines is 2. The van der Waals surface area contributed by atoms with Gasteiger partial charge < -0.3 is 4.43 Å². The van der Waals surface area contributed by atoms with Gasteiger partial charge in [0.25, 0.3) is 0 Å². The lowest BCUT2D eigenvalue weighted by Gasteiger charge is -2.54. The quantitative estimate of drug-likeness (QED) is 0.331. The van der Waals surface area contributed by atoms with E-state index in [1.54, 1.807) is 0 Å². The van der Waals surface area contributed by atoms with E-state index in [0.29, 0.717) is 6.54 Å². The van der Waals surface area contributed by atoms with Crippen molar-refractivity contribution in [2.75, 3.05) is 9.80 Å². The third-order valence-corrected chi connectivity index (χ3v) is 13.9. The summed E-state index contributed by atoms with van der Waals surface area (Å²) < 4.78 is 7.05. The number of rotatable bonds is 4. The van der Waals surface area contributed by atoms with E-state index >= 15 is 0 Å². The molecule has 3 atom stereocenters. The van der Waals surface area contributed by atoms with Crippen LogP contribution in [0.4, 0.5) is 16.2 Å². The largest absolute Gasteiger partial charge is 0.414 e. The molecule has 4 nitrogen and oxygen atoms in total. The molecule has 0 saturated heterocycles. The highest BCUT2D eigenvalue weighted by molar-refractivity contribution is 6.74. The highest BCUT2D eigenvalue weighted by Crippen LogP contribution is 2.63. The van der Waals surface area contributed by atoms with Gasteiger partial charge in [-0.25, -0.2) is 4.79 Å². The van der Waals surface area contributed by atoms with E-state index in [9.17, 15) is 4.79 Å². The van der Waals surface area contributed by atoms with Crippen molar-refractivity contribution < 1.29 is 9.22 Å². The summed E-state index contributed by atoms with van der Waals surface area (Å²) in [6.45, 7) is 12.2. The smallest absolute Gasteiger partial charge is 0.330 e. The normalized spacial score (nSPS) is 24.8. The van der Waals surface area contributed by atoms with Crippen molar-refractivity contribution in [2.45, 2.75) is 82.3 Å². The monoisotopic (exact) mass is 510 g/mol. The average molecular weight is 511 g/mol. The zero-order valence-corrected chi connectivity index (χ0v) is 23.7. The first kappa shape index (κ1) is 24.4. The number of carbonyl (C=O) groups is 1. The Morgan fingerprint density at radius 3 is 2.27 bits per heavy atom. The number of benzene rings is 3. The summed E-state index contributed by atoms with van der Waals surface area (Å²) in [5.41, 5.74) is 5.38. The van der Waals surface area contributed by atoms with Crippen LogP contribution in [0.2, 0.25) is 18.1 Å². The van der Waals surface area contributed by atoms with Crippen LogP contribution < -0.4 is 9.80 Å². The van der Waals surface area contributed by atoms with Crippen molar-refractivity contribution in [3.05, 3.63) is 95.6 Å². The molecule has 0 radical (unpaired) electrons. The van der Waals surface area contributed by atoms with E-state index in [-0.39, 0.29) is 23.1 Å². The fourth-order valence-corrected chi connectivity index (χ4v) is 8.03. The molecule has 5 heteroatoms. The Hall–Kier alpha value is -2.89. The molecule has 0 bridgehead atoms. The van der Waals surface area contributed by atoms with E-state index in [2.05, 4.69) is 99.4 Å². The highest BCUT2D eigenvalue weighted by Gasteiger charge is 2.62. The maximum Gasteiger partial charge on any atom is 0.330 e. The van der Waals surface area contributed by atoms with Crippen LogP contribution in [-0.4, -0.2) is 20.5 Å². The van der Waals surface area contributed by atoms with Gasteiger partial charge in [-0.1, -0.05) is 87.5 Å². The molecule has 2 aliphatic heterocycles. The van der Waals surface area contributed by atoms with Gasteiger partial charge in [0.2, 0.25) is 0 Å². The highest BCUT2D eigenvalue weighted by atomic mass is 28.4. The molecule has 3 aliphatic rings. The third-order valence-electron chi connectivity index (χ3n) is 9.38. The minimum atomic E-state index is -1.96.